The molecule has 6 heteroatoms. The van der Waals surface area contributed by atoms with Crippen LogP contribution in [0.5, 0.6) is 5.75 Å². The molecule has 2 rings (SSSR count). The SMILES string of the molecule is CC(C)(C)OC(=O)N1CCO[C@H](COc2ccccc2Br)C1. The zero-order valence-electron chi connectivity index (χ0n) is 13.2. The Hall–Kier alpha value is -1.27. The fourth-order valence-electron chi connectivity index (χ4n) is 2.06. The highest BCUT2D eigenvalue weighted by atomic mass is 79.9. The van der Waals surface area contributed by atoms with E-state index >= 15 is 0 Å². The molecule has 1 atom stereocenters. The summed E-state index contributed by atoms with van der Waals surface area (Å²) in [4.78, 5) is 13.8. The van der Waals surface area contributed by atoms with Crippen molar-refractivity contribution >= 4 is 22.0 Å². The van der Waals surface area contributed by atoms with Gasteiger partial charge in [0.1, 0.15) is 24.1 Å². The molecule has 1 aliphatic heterocycles. The molecule has 1 fully saturated rings. The highest BCUT2D eigenvalue weighted by Crippen LogP contribution is 2.24. The van der Waals surface area contributed by atoms with E-state index in [0.717, 1.165) is 10.2 Å². The van der Waals surface area contributed by atoms with Crippen LogP contribution in [-0.2, 0) is 9.47 Å². The molecule has 0 aliphatic carbocycles. The first-order chi connectivity index (χ1) is 10.3. The number of hydrogen-bond acceptors (Lipinski definition) is 4. The third-order valence-corrected chi connectivity index (χ3v) is 3.71. The summed E-state index contributed by atoms with van der Waals surface area (Å²) in [6, 6.07) is 7.65. The van der Waals surface area contributed by atoms with Gasteiger partial charge in [-0.15, -0.1) is 0 Å². The van der Waals surface area contributed by atoms with Crippen molar-refractivity contribution in [2.24, 2.45) is 0 Å². The van der Waals surface area contributed by atoms with Crippen molar-refractivity contribution in [3.05, 3.63) is 28.7 Å². The minimum Gasteiger partial charge on any atom is -0.490 e. The van der Waals surface area contributed by atoms with Crippen molar-refractivity contribution in [3.63, 3.8) is 0 Å². The number of ether oxygens (including phenoxy) is 3. The van der Waals surface area contributed by atoms with Crippen LogP contribution >= 0.6 is 15.9 Å². The number of hydrogen-bond donors (Lipinski definition) is 0. The van der Waals surface area contributed by atoms with Gasteiger partial charge in [-0.25, -0.2) is 4.79 Å². The summed E-state index contributed by atoms with van der Waals surface area (Å²) in [5.74, 6) is 0.764. The Kier molecular flexibility index (Phi) is 5.69. The minimum absolute atomic E-state index is 0.159. The maximum absolute atomic E-state index is 12.1. The Balaban J connectivity index is 1.86. The summed E-state index contributed by atoms with van der Waals surface area (Å²) in [7, 11) is 0. The number of para-hydroxylation sites is 1. The van der Waals surface area contributed by atoms with Gasteiger partial charge in [0.2, 0.25) is 0 Å². The molecule has 22 heavy (non-hydrogen) atoms. The summed E-state index contributed by atoms with van der Waals surface area (Å²) in [5.41, 5.74) is -0.490. The van der Waals surface area contributed by atoms with Crippen LogP contribution in [0.1, 0.15) is 20.8 Å². The Bertz CT molecular complexity index is 515. The van der Waals surface area contributed by atoms with Crippen LogP contribution in [0, 0.1) is 0 Å². The van der Waals surface area contributed by atoms with Crippen LogP contribution in [0.3, 0.4) is 0 Å². The average Bonchev–Trinajstić information content (AvgIpc) is 2.45. The van der Waals surface area contributed by atoms with Crippen molar-refractivity contribution in [3.8, 4) is 5.75 Å². The van der Waals surface area contributed by atoms with E-state index in [0.29, 0.717) is 26.3 Å². The number of carbonyl (C=O) groups excluding carboxylic acids is 1. The summed E-state index contributed by atoms with van der Waals surface area (Å²) in [6.45, 7) is 7.47. The van der Waals surface area contributed by atoms with E-state index in [2.05, 4.69) is 15.9 Å². The first-order valence-electron chi connectivity index (χ1n) is 7.32. The van der Waals surface area contributed by atoms with Crippen molar-refractivity contribution in [2.75, 3.05) is 26.3 Å². The fourth-order valence-corrected chi connectivity index (χ4v) is 2.46. The number of amides is 1. The quantitative estimate of drug-likeness (QED) is 0.815. The predicted octanol–water partition coefficient (Wildman–Crippen LogP) is 3.46. The second-order valence-corrected chi connectivity index (χ2v) is 7.01. The molecule has 1 amide bonds. The summed E-state index contributed by atoms with van der Waals surface area (Å²) in [5, 5.41) is 0. The molecule has 5 nitrogen and oxygen atoms in total. The van der Waals surface area contributed by atoms with Crippen molar-refractivity contribution in [2.45, 2.75) is 32.5 Å². The number of nitrogens with zero attached hydrogens (tertiary/aromatic N) is 1. The van der Waals surface area contributed by atoms with E-state index in [1.807, 2.05) is 45.0 Å². The Morgan fingerprint density at radius 1 is 1.41 bits per heavy atom. The van der Waals surface area contributed by atoms with Gasteiger partial charge in [0, 0.05) is 6.54 Å². The zero-order valence-corrected chi connectivity index (χ0v) is 14.8. The molecule has 1 heterocycles. The van der Waals surface area contributed by atoms with Crippen molar-refractivity contribution in [1.82, 2.24) is 4.90 Å². The smallest absolute Gasteiger partial charge is 0.410 e. The molecule has 1 saturated heterocycles. The van der Waals surface area contributed by atoms with Gasteiger partial charge < -0.3 is 19.1 Å². The summed E-state index contributed by atoms with van der Waals surface area (Å²) >= 11 is 3.44. The molecule has 1 aliphatic rings. The minimum atomic E-state index is -0.490. The van der Waals surface area contributed by atoms with E-state index in [1.54, 1.807) is 4.90 Å². The van der Waals surface area contributed by atoms with E-state index < -0.39 is 5.60 Å². The maximum Gasteiger partial charge on any atom is 0.410 e. The number of morpholine rings is 1. The highest BCUT2D eigenvalue weighted by Gasteiger charge is 2.28. The number of benzene rings is 1. The molecule has 1 aromatic rings. The molecule has 0 bridgehead atoms. The molecule has 0 saturated carbocycles. The monoisotopic (exact) mass is 371 g/mol. The van der Waals surface area contributed by atoms with Crippen LogP contribution in [0.2, 0.25) is 0 Å². The predicted molar refractivity (Wildman–Crippen MR) is 87.2 cm³/mol. The van der Waals surface area contributed by atoms with Crippen LogP contribution < -0.4 is 4.74 Å². The number of carbonyl (C=O) groups is 1. The molecular formula is C16H22BrNO4. The fraction of sp³-hybridized carbons (Fsp3) is 0.562. The largest absolute Gasteiger partial charge is 0.490 e. The molecular weight excluding hydrogens is 350 g/mol. The average molecular weight is 372 g/mol. The van der Waals surface area contributed by atoms with E-state index in [4.69, 9.17) is 14.2 Å². The first kappa shape index (κ1) is 17.1. The molecule has 0 N–H and O–H groups in total. The van der Waals surface area contributed by atoms with E-state index in [1.165, 1.54) is 0 Å². The second-order valence-electron chi connectivity index (χ2n) is 6.16. The third-order valence-electron chi connectivity index (χ3n) is 3.05. The summed E-state index contributed by atoms with van der Waals surface area (Å²) in [6.07, 6.45) is -0.463. The van der Waals surface area contributed by atoms with Gasteiger partial charge in [0.05, 0.1) is 17.6 Å². The van der Waals surface area contributed by atoms with Crippen molar-refractivity contribution in [1.29, 1.82) is 0 Å². The standard InChI is InChI=1S/C16H22BrNO4/c1-16(2,3)22-15(19)18-8-9-20-12(10-18)11-21-14-7-5-4-6-13(14)17/h4-7,12H,8-11H2,1-3H3/t12-/m0/s1. The molecule has 0 aromatic heterocycles. The highest BCUT2D eigenvalue weighted by molar-refractivity contribution is 9.10. The van der Waals surface area contributed by atoms with Crippen LogP contribution in [0.4, 0.5) is 4.79 Å². The first-order valence-corrected chi connectivity index (χ1v) is 8.11. The van der Waals surface area contributed by atoms with Crippen molar-refractivity contribution < 1.29 is 19.0 Å². The van der Waals surface area contributed by atoms with Crippen LogP contribution in [0.25, 0.3) is 0 Å². The number of halogens is 1. The third kappa shape index (κ3) is 5.18. The number of rotatable bonds is 3. The lowest BCUT2D eigenvalue weighted by Gasteiger charge is -2.34. The second kappa shape index (κ2) is 7.33. The topological polar surface area (TPSA) is 48.0 Å². The van der Waals surface area contributed by atoms with Gasteiger partial charge in [0.15, 0.2) is 0 Å². The van der Waals surface area contributed by atoms with Gasteiger partial charge >= 0.3 is 6.09 Å². The molecule has 0 unspecified atom stereocenters. The Morgan fingerprint density at radius 2 is 2.14 bits per heavy atom. The van der Waals surface area contributed by atoms with Crippen LogP contribution in [0.15, 0.2) is 28.7 Å². The lowest BCUT2D eigenvalue weighted by atomic mass is 10.2. The maximum atomic E-state index is 12.1. The normalized spacial score (nSPS) is 18.9. The van der Waals surface area contributed by atoms with Crippen LogP contribution in [-0.4, -0.2) is 49.0 Å². The van der Waals surface area contributed by atoms with Gasteiger partial charge in [-0.05, 0) is 48.8 Å². The molecule has 1 aromatic carbocycles. The Morgan fingerprint density at radius 3 is 2.82 bits per heavy atom. The molecule has 0 spiro atoms. The molecule has 122 valence electrons. The van der Waals surface area contributed by atoms with Gasteiger partial charge in [-0.3, -0.25) is 0 Å². The lowest BCUT2D eigenvalue weighted by Crippen LogP contribution is -2.49. The van der Waals surface area contributed by atoms with Gasteiger partial charge in [0.25, 0.3) is 0 Å². The van der Waals surface area contributed by atoms with Gasteiger partial charge in [-0.2, -0.15) is 0 Å². The summed E-state index contributed by atoms with van der Waals surface area (Å²) < 4.78 is 17.7. The molecule has 0 radical (unpaired) electrons. The van der Waals surface area contributed by atoms with E-state index in [9.17, 15) is 4.79 Å². The van der Waals surface area contributed by atoms with E-state index in [-0.39, 0.29) is 12.2 Å². The lowest BCUT2D eigenvalue weighted by molar-refractivity contribution is -0.0557. The zero-order chi connectivity index (χ0) is 16.2. The Labute approximate surface area is 139 Å². The van der Waals surface area contributed by atoms with Gasteiger partial charge in [-0.1, -0.05) is 12.1 Å².